The molecular weight excluding hydrogens is 229 g/mol. The highest BCUT2D eigenvalue weighted by Gasteiger charge is 2.20. The van der Waals surface area contributed by atoms with Gasteiger partial charge in [-0.05, 0) is 12.1 Å². The van der Waals surface area contributed by atoms with Crippen molar-refractivity contribution in [3.8, 4) is 0 Å². The first kappa shape index (κ1) is 11.3. The molecule has 0 aromatic heterocycles. The highest BCUT2D eigenvalue weighted by Crippen LogP contribution is 2.27. The van der Waals surface area contributed by atoms with Gasteiger partial charge in [0.25, 0.3) is 0 Å². The van der Waals surface area contributed by atoms with E-state index in [9.17, 15) is 12.8 Å². The predicted octanol–water partition coefficient (Wildman–Crippen LogP) is 1.67. The Bertz CT molecular complexity index is 413. The molecule has 3 nitrogen and oxygen atoms in total. The van der Waals surface area contributed by atoms with Crippen molar-refractivity contribution in [2.75, 3.05) is 18.2 Å². The van der Waals surface area contributed by atoms with Crippen molar-refractivity contribution in [1.29, 1.82) is 0 Å². The summed E-state index contributed by atoms with van der Waals surface area (Å²) < 4.78 is 34.9. The molecule has 6 heteroatoms. The quantitative estimate of drug-likeness (QED) is 0.814. The highest BCUT2D eigenvalue weighted by molar-refractivity contribution is 7.91. The number of rotatable bonds is 3. The summed E-state index contributed by atoms with van der Waals surface area (Å²) in [4.78, 5) is -0.181. The Kier molecular flexibility index (Phi) is 3.34. The van der Waals surface area contributed by atoms with Gasteiger partial charge in [-0.1, -0.05) is 17.7 Å². The number of nitrogens with two attached hydrogens (primary N) is 1. The van der Waals surface area contributed by atoms with Crippen molar-refractivity contribution in [2.24, 2.45) is 0 Å². The maximum absolute atomic E-state index is 12.0. The van der Waals surface area contributed by atoms with Crippen LogP contribution < -0.4 is 5.73 Å². The summed E-state index contributed by atoms with van der Waals surface area (Å²) in [6.45, 7) is -0.951. The monoisotopic (exact) mass is 237 g/mol. The number of hydrogen-bond donors (Lipinski definition) is 1. The lowest BCUT2D eigenvalue weighted by atomic mass is 10.3. The van der Waals surface area contributed by atoms with Gasteiger partial charge in [-0.25, -0.2) is 12.8 Å². The van der Waals surface area contributed by atoms with E-state index in [-0.39, 0.29) is 15.6 Å². The van der Waals surface area contributed by atoms with Crippen LogP contribution in [0.1, 0.15) is 0 Å². The maximum Gasteiger partial charge on any atom is 0.184 e. The lowest BCUT2D eigenvalue weighted by Crippen LogP contribution is -2.11. The van der Waals surface area contributed by atoms with Crippen LogP contribution in [-0.4, -0.2) is 20.8 Å². The number of alkyl halides is 1. The van der Waals surface area contributed by atoms with Crippen molar-refractivity contribution < 1.29 is 12.8 Å². The van der Waals surface area contributed by atoms with Crippen molar-refractivity contribution in [2.45, 2.75) is 4.90 Å². The van der Waals surface area contributed by atoms with Crippen LogP contribution in [0.15, 0.2) is 23.1 Å². The Hall–Kier alpha value is -0.810. The maximum atomic E-state index is 12.0. The first-order chi connectivity index (χ1) is 6.49. The summed E-state index contributed by atoms with van der Waals surface area (Å²) >= 11 is 5.67. The van der Waals surface area contributed by atoms with E-state index in [0.29, 0.717) is 0 Å². The summed E-state index contributed by atoms with van der Waals surface area (Å²) in [6.07, 6.45) is 0. The molecule has 0 saturated heterocycles. The van der Waals surface area contributed by atoms with Gasteiger partial charge in [0.15, 0.2) is 9.84 Å². The van der Waals surface area contributed by atoms with Crippen LogP contribution in [0, 0.1) is 0 Å². The minimum atomic E-state index is -3.70. The third-order valence-corrected chi connectivity index (χ3v) is 3.85. The molecule has 0 aliphatic heterocycles. The molecule has 1 aromatic rings. The Morgan fingerprint density at radius 1 is 1.43 bits per heavy atom. The number of halogens is 2. The molecule has 2 N–H and O–H groups in total. The second-order valence-corrected chi connectivity index (χ2v) is 5.12. The van der Waals surface area contributed by atoms with Crippen LogP contribution in [0.3, 0.4) is 0 Å². The fourth-order valence-electron chi connectivity index (χ4n) is 1.06. The van der Waals surface area contributed by atoms with Gasteiger partial charge in [-0.2, -0.15) is 0 Å². The van der Waals surface area contributed by atoms with Crippen LogP contribution >= 0.6 is 11.6 Å². The molecule has 0 saturated carbocycles. The average molecular weight is 238 g/mol. The average Bonchev–Trinajstić information content (AvgIpc) is 2.02. The molecule has 0 amide bonds. The normalized spacial score (nSPS) is 11.6. The minimum Gasteiger partial charge on any atom is -0.398 e. The predicted molar refractivity (Wildman–Crippen MR) is 53.9 cm³/mol. The molecule has 0 aliphatic rings. The van der Waals surface area contributed by atoms with Gasteiger partial charge in [0.1, 0.15) is 11.6 Å². The zero-order chi connectivity index (χ0) is 10.8. The Labute approximate surface area is 86.6 Å². The molecule has 14 heavy (non-hydrogen) atoms. The second-order valence-electron chi connectivity index (χ2n) is 2.67. The number of benzene rings is 1. The first-order valence-electron chi connectivity index (χ1n) is 3.82. The minimum absolute atomic E-state index is 0.0263. The molecular formula is C8H9ClFNO2S. The molecule has 0 heterocycles. The number of anilines is 1. The van der Waals surface area contributed by atoms with Crippen molar-refractivity contribution in [1.82, 2.24) is 0 Å². The number of sulfone groups is 1. The molecule has 0 fully saturated rings. The molecule has 0 bridgehead atoms. The Balaban J connectivity index is 3.32. The third-order valence-electron chi connectivity index (χ3n) is 1.65. The molecule has 0 unspecified atom stereocenters. The van der Waals surface area contributed by atoms with E-state index in [1.165, 1.54) is 18.2 Å². The lowest BCUT2D eigenvalue weighted by Gasteiger charge is -2.07. The molecule has 0 radical (unpaired) electrons. The summed E-state index contributed by atoms with van der Waals surface area (Å²) in [5, 5.41) is 0.0263. The van der Waals surface area contributed by atoms with E-state index in [2.05, 4.69) is 0 Å². The summed E-state index contributed by atoms with van der Waals surface area (Å²) in [7, 11) is -3.70. The molecule has 78 valence electrons. The molecule has 0 atom stereocenters. The van der Waals surface area contributed by atoms with Gasteiger partial charge in [-0.15, -0.1) is 0 Å². The summed E-state index contributed by atoms with van der Waals surface area (Å²) in [6, 6.07) is 4.35. The fraction of sp³-hybridized carbons (Fsp3) is 0.250. The molecule has 0 spiro atoms. The SMILES string of the molecule is Nc1cccc(Cl)c1S(=O)(=O)CCF. The van der Waals surface area contributed by atoms with Gasteiger partial charge >= 0.3 is 0 Å². The lowest BCUT2D eigenvalue weighted by molar-refractivity contribution is 0.517. The number of hydrogen-bond acceptors (Lipinski definition) is 3. The van der Waals surface area contributed by atoms with E-state index >= 15 is 0 Å². The van der Waals surface area contributed by atoms with Crippen molar-refractivity contribution in [3.05, 3.63) is 23.2 Å². The Morgan fingerprint density at radius 3 is 2.57 bits per heavy atom. The van der Waals surface area contributed by atoms with Gasteiger partial charge in [0.2, 0.25) is 0 Å². The summed E-state index contributed by atoms with van der Waals surface area (Å²) in [5.41, 5.74) is 5.50. The van der Waals surface area contributed by atoms with Crippen LogP contribution in [-0.2, 0) is 9.84 Å². The van der Waals surface area contributed by atoms with E-state index in [1.54, 1.807) is 0 Å². The second kappa shape index (κ2) is 4.14. The first-order valence-corrected chi connectivity index (χ1v) is 5.85. The zero-order valence-electron chi connectivity index (χ0n) is 7.20. The smallest absolute Gasteiger partial charge is 0.184 e. The van der Waals surface area contributed by atoms with Crippen molar-refractivity contribution >= 4 is 27.1 Å². The van der Waals surface area contributed by atoms with E-state index in [0.717, 1.165) is 0 Å². The van der Waals surface area contributed by atoms with E-state index in [1.807, 2.05) is 0 Å². The standard InChI is InChI=1S/C8H9ClFNO2S/c9-6-2-1-3-7(11)8(6)14(12,13)5-4-10/h1-3H,4-5,11H2. The molecule has 1 rings (SSSR count). The summed E-state index contributed by atoms with van der Waals surface area (Å²) in [5.74, 6) is -0.596. The van der Waals surface area contributed by atoms with Gasteiger partial charge in [0, 0.05) is 0 Å². The van der Waals surface area contributed by atoms with Crippen LogP contribution in [0.25, 0.3) is 0 Å². The van der Waals surface area contributed by atoms with Crippen LogP contribution in [0.2, 0.25) is 5.02 Å². The zero-order valence-corrected chi connectivity index (χ0v) is 8.78. The fourth-order valence-corrected chi connectivity index (χ4v) is 2.79. The topological polar surface area (TPSA) is 60.2 Å². The molecule has 0 aliphatic carbocycles. The third kappa shape index (κ3) is 2.16. The van der Waals surface area contributed by atoms with Crippen LogP contribution in [0.4, 0.5) is 10.1 Å². The van der Waals surface area contributed by atoms with E-state index < -0.39 is 22.3 Å². The van der Waals surface area contributed by atoms with Gasteiger partial charge in [0.05, 0.1) is 16.5 Å². The van der Waals surface area contributed by atoms with Crippen LogP contribution in [0.5, 0.6) is 0 Å². The largest absolute Gasteiger partial charge is 0.398 e. The number of nitrogen functional groups attached to an aromatic ring is 1. The van der Waals surface area contributed by atoms with Gasteiger partial charge < -0.3 is 5.73 Å². The van der Waals surface area contributed by atoms with Crippen molar-refractivity contribution in [3.63, 3.8) is 0 Å². The Morgan fingerprint density at radius 2 is 2.07 bits per heavy atom. The van der Waals surface area contributed by atoms with Gasteiger partial charge in [-0.3, -0.25) is 0 Å². The van der Waals surface area contributed by atoms with E-state index in [4.69, 9.17) is 17.3 Å². The molecule has 1 aromatic carbocycles. The highest BCUT2D eigenvalue weighted by atomic mass is 35.5.